The van der Waals surface area contributed by atoms with Crippen LogP contribution < -0.4 is 5.19 Å². The number of hydrogen-bond donors (Lipinski definition) is 0. The zero-order valence-electron chi connectivity index (χ0n) is 7.62. The number of ether oxygens (including phenoxy) is 1. The molecule has 1 aromatic rings. The van der Waals surface area contributed by atoms with Crippen molar-refractivity contribution in [2.24, 2.45) is 0 Å². The van der Waals surface area contributed by atoms with E-state index >= 15 is 0 Å². The first-order chi connectivity index (χ1) is 5.93. The molecule has 0 saturated heterocycles. The van der Waals surface area contributed by atoms with Gasteiger partial charge in [-0.05, 0) is 13.0 Å². The Hall–Kier alpha value is -0.603. The second-order valence-electron chi connectivity index (χ2n) is 2.79. The van der Waals surface area contributed by atoms with Crippen LogP contribution in [0.1, 0.15) is 6.92 Å². The Bertz CT molecular complexity index is 198. The smallest absolute Gasteiger partial charge is 0.0570 e. The average Bonchev–Trinajstić information content (AvgIpc) is 2.14. The molecule has 12 heavy (non-hydrogen) atoms. The molecule has 0 N–H and O–H groups in total. The van der Waals surface area contributed by atoms with Gasteiger partial charge in [0.05, 0.1) is 9.52 Å². The molecule has 0 atom stereocenters. The second kappa shape index (κ2) is 5.97. The molecule has 66 valence electrons. The van der Waals surface area contributed by atoms with E-state index in [4.69, 9.17) is 4.74 Å². The first-order valence-corrected chi connectivity index (χ1v) is 6.26. The van der Waals surface area contributed by atoms with Crippen LogP contribution in [-0.4, -0.2) is 22.7 Å². The minimum atomic E-state index is -0.0567. The van der Waals surface area contributed by atoms with Crippen molar-refractivity contribution in [1.82, 2.24) is 0 Å². The van der Waals surface area contributed by atoms with Crippen LogP contribution in [0.2, 0.25) is 6.04 Å². The largest absolute Gasteiger partial charge is 0.382 e. The van der Waals surface area contributed by atoms with E-state index in [-0.39, 0.29) is 9.52 Å². The number of rotatable bonds is 5. The highest BCUT2D eigenvalue weighted by Crippen LogP contribution is 1.86. The van der Waals surface area contributed by atoms with Gasteiger partial charge >= 0.3 is 0 Å². The van der Waals surface area contributed by atoms with Crippen LogP contribution in [0.5, 0.6) is 0 Å². The average molecular weight is 180 g/mol. The summed E-state index contributed by atoms with van der Waals surface area (Å²) in [7, 11) is -0.0567. The zero-order chi connectivity index (χ0) is 8.65. The van der Waals surface area contributed by atoms with Crippen LogP contribution in [0, 0.1) is 0 Å². The Labute approximate surface area is 76.6 Å². The van der Waals surface area contributed by atoms with Crippen molar-refractivity contribution < 1.29 is 4.74 Å². The van der Waals surface area contributed by atoms with Gasteiger partial charge in [0.1, 0.15) is 0 Å². The van der Waals surface area contributed by atoms with E-state index in [1.54, 1.807) is 0 Å². The lowest BCUT2D eigenvalue weighted by molar-refractivity contribution is 0.162. The lowest BCUT2D eigenvalue weighted by Crippen LogP contribution is -2.14. The van der Waals surface area contributed by atoms with E-state index in [0.717, 1.165) is 13.2 Å². The highest BCUT2D eigenvalue weighted by molar-refractivity contribution is 6.53. The minimum Gasteiger partial charge on any atom is -0.382 e. The molecule has 0 unspecified atom stereocenters. The maximum Gasteiger partial charge on any atom is 0.0570 e. The van der Waals surface area contributed by atoms with Gasteiger partial charge in [0, 0.05) is 13.2 Å². The summed E-state index contributed by atoms with van der Waals surface area (Å²) in [6, 6.07) is 12.0. The molecule has 1 nitrogen and oxygen atoms in total. The maximum atomic E-state index is 5.29. The van der Waals surface area contributed by atoms with Crippen molar-refractivity contribution in [3.05, 3.63) is 30.3 Å². The molecule has 0 aliphatic heterocycles. The highest BCUT2D eigenvalue weighted by atomic mass is 28.2. The fourth-order valence-electron chi connectivity index (χ4n) is 1.17. The highest BCUT2D eigenvalue weighted by Gasteiger charge is 1.91. The van der Waals surface area contributed by atoms with Crippen LogP contribution in [0.15, 0.2) is 30.3 Å². The van der Waals surface area contributed by atoms with Gasteiger partial charge in [0.15, 0.2) is 0 Å². The first kappa shape index (κ1) is 9.48. The van der Waals surface area contributed by atoms with Gasteiger partial charge in [-0.25, -0.2) is 0 Å². The fourth-order valence-corrected chi connectivity index (χ4v) is 2.53. The molecule has 0 spiro atoms. The summed E-state index contributed by atoms with van der Waals surface area (Å²) in [5.41, 5.74) is 0. The van der Waals surface area contributed by atoms with Gasteiger partial charge in [-0.1, -0.05) is 35.5 Å². The van der Waals surface area contributed by atoms with Crippen LogP contribution in [0.3, 0.4) is 0 Å². The van der Waals surface area contributed by atoms with Crippen molar-refractivity contribution >= 4 is 14.7 Å². The van der Waals surface area contributed by atoms with E-state index in [2.05, 4.69) is 30.3 Å². The molecule has 0 fully saturated rings. The third kappa shape index (κ3) is 3.69. The molecule has 2 heteroatoms. The Morgan fingerprint density at radius 3 is 2.67 bits per heavy atom. The van der Waals surface area contributed by atoms with Gasteiger partial charge in [-0.3, -0.25) is 0 Å². The van der Waals surface area contributed by atoms with E-state index in [0.29, 0.717) is 0 Å². The molecule has 0 radical (unpaired) electrons. The molecule has 0 bridgehead atoms. The SMILES string of the molecule is CCOCC[SiH2]c1ccccc1. The van der Waals surface area contributed by atoms with E-state index in [1.165, 1.54) is 11.2 Å². The molecular formula is C10H16OSi. The van der Waals surface area contributed by atoms with Crippen LogP contribution in [0.25, 0.3) is 0 Å². The molecular weight excluding hydrogens is 164 g/mol. The van der Waals surface area contributed by atoms with E-state index in [1.807, 2.05) is 6.92 Å². The van der Waals surface area contributed by atoms with Gasteiger partial charge in [-0.2, -0.15) is 0 Å². The Kier molecular flexibility index (Phi) is 4.72. The number of benzene rings is 1. The standard InChI is InChI=1S/C10H16OSi/c1-2-11-8-9-12-10-6-4-3-5-7-10/h3-7H,2,8-9,12H2,1H3. The van der Waals surface area contributed by atoms with Crippen molar-refractivity contribution in [1.29, 1.82) is 0 Å². The van der Waals surface area contributed by atoms with Crippen molar-refractivity contribution in [3.8, 4) is 0 Å². The fraction of sp³-hybridized carbons (Fsp3) is 0.400. The molecule has 1 aromatic carbocycles. The van der Waals surface area contributed by atoms with Crippen molar-refractivity contribution in [3.63, 3.8) is 0 Å². The summed E-state index contributed by atoms with van der Waals surface area (Å²) in [5, 5.41) is 1.54. The maximum absolute atomic E-state index is 5.29. The van der Waals surface area contributed by atoms with Gasteiger partial charge in [0.2, 0.25) is 0 Å². The van der Waals surface area contributed by atoms with Crippen molar-refractivity contribution in [2.45, 2.75) is 13.0 Å². The molecule has 0 aromatic heterocycles. The third-order valence-electron chi connectivity index (χ3n) is 1.80. The Morgan fingerprint density at radius 2 is 2.00 bits per heavy atom. The summed E-state index contributed by atoms with van der Waals surface area (Å²) >= 11 is 0. The molecule has 0 heterocycles. The van der Waals surface area contributed by atoms with Crippen LogP contribution in [0.4, 0.5) is 0 Å². The lowest BCUT2D eigenvalue weighted by Gasteiger charge is -2.00. The van der Waals surface area contributed by atoms with Crippen molar-refractivity contribution in [2.75, 3.05) is 13.2 Å². The molecule has 0 amide bonds. The monoisotopic (exact) mass is 180 g/mol. The number of hydrogen-bond acceptors (Lipinski definition) is 1. The quantitative estimate of drug-likeness (QED) is 0.484. The molecule has 0 aliphatic rings. The van der Waals surface area contributed by atoms with E-state index in [9.17, 15) is 0 Å². The predicted octanol–water partition coefficient (Wildman–Crippen LogP) is 0.936. The minimum absolute atomic E-state index is 0.0567. The summed E-state index contributed by atoms with van der Waals surface area (Å²) in [5.74, 6) is 0. The third-order valence-corrected chi connectivity index (χ3v) is 3.49. The van der Waals surface area contributed by atoms with Crippen LogP contribution >= 0.6 is 0 Å². The predicted molar refractivity (Wildman–Crippen MR) is 55.9 cm³/mol. The van der Waals surface area contributed by atoms with Gasteiger partial charge in [-0.15, -0.1) is 0 Å². The Balaban J connectivity index is 2.16. The summed E-state index contributed by atoms with van der Waals surface area (Å²) in [4.78, 5) is 0. The lowest BCUT2D eigenvalue weighted by atomic mass is 10.4. The zero-order valence-corrected chi connectivity index (χ0v) is 9.04. The van der Waals surface area contributed by atoms with Gasteiger partial charge < -0.3 is 4.74 Å². The molecule has 0 saturated carbocycles. The molecule has 0 aliphatic carbocycles. The molecule has 1 rings (SSSR count). The van der Waals surface area contributed by atoms with Crippen LogP contribution in [-0.2, 0) is 4.74 Å². The Morgan fingerprint density at radius 1 is 1.25 bits per heavy atom. The van der Waals surface area contributed by atoms with E-state index < -0.39 is 0 Å². The summed E-state index contributed by atoms with van der Waals surface area (Å²) in [6.07, 6.45) is 0. The van der Waals surface area contributed by atoms with Gasteiger partial charge in [0.25, 0.3) is 0 Å². The normalized spacial score (nSPS) is 11.1. The second-order valence-corrected chi connectivity index (χ2v) is 4.81. The topological polar surface area (TPSA) is 9.23 Å². The summed E-state index contributed by atoms with van der Waals surface area (Å²) in [6.45, 7) is 3.84. The first-order valence-electron chi connectivity index (χ1n) is 4.55. The summed E-state index contributed by atoms with van der Waals surface area (Å²) < 4.78 is 5.29.